The Bertz CT molecular complexity index is 520. The Kier molecular flexibility index (Phi) is 5.11. The molecule has 0 aliphatic carbocycles. The number of likely N-dealkylation sites (tertiary alicyclic amines) is 1. The van der Waals surface area contributed by atoms with E-state index in [-0.39, 0.29) is 11.6 Å². The Balaban J connectivity index is 1.95. The molecule has 1 saturated heterocycles. The van der Waals surface area contributed by atoms with Crippen LogP contribution in [0.25, 0.3) is 0 Å². The highest BCUT2D eigenvalue weighted by Crippen LogP contribution is 2.30. The highest BCUT2D eigenvalue weighted by Gasteiger charge is 2.31. The third-order valence-electron chi connectivity index (χ3n) is 3.96. The Morgan fingerprint density at radius 2 is 1.91 bits per heavy atom. The van der Waals surface area contributed by atoms with Crippen LogP contribution in [0.1, 0.15) is 25.8 Å². The Labute approximate surface area is 128 Å². The van der Waals surface area contributed by atoms with Crippen molar-refractivity contribution in [3.63, 3.8) is 0 Å². The molecule has 1 fully saturated rings. The Morgan fingerprint density at radius 1 is 1.27 bits per heavy atom. The molecule has 1 heterocycles. The van der Waals surface area contributed by atoms with Gasteiger partial charge in [-0.2, -0.15) is 13.2 Å². The third kappa shape index (κ3) is 4.73. The lowest BCUT2D eigenvalue weighted by molar-refractivity contribution is -0.904. The zero-order valence-corrected chi connectivity index (χ0v) is 12.8. The molecule has 2 rings (SSSR count). The first-order valence-corrected chi connectivity index (χ1v) is 7.54. The standard InChI is InChI=1S/C16H21F3N2O/c1-11-6-12(2)9-21(8-11)10-15(22)20-14-5-3-4-13(7-14)16(17,18)19/h3-5,7,11-12H,6,8-10H2,1-2H3,(H,20,22)/p+1/t11-,12+. The van der Waals surface area contributed by atoms with Gasteiger partial charge < -0.3 is 10.2 Å². The van der Waals surface area contributed by atoms with Crippen LogP contribution in [-0.4, -0.2) is 25.5 Å². The number of carbonyl (C=O) groups is 1. The second-order valence-electron chi connectivity index (χ2n) is 6.41. The summed E-state index contributed by atoms with van der Waals surface area (Å²) in [5.41, 5.74) is -0.560. The molecule has 1 aliphatic heterocycles. The number of hydrogen-bond donors (Lipinski definition) is 2. The van der Waals surface area contributed by atoms with Crippen molar-refractivity contribution in [1.29, 1.82) is 0 Å². The summed E-state index contributed by atoms with van der Waals surface area (Å²) in [5.74, 6) is 0.899. The maximum absolute atomic E-state index is 12.6. The average Bonchev–Trinajstić information content (AvgIpc) is 2.36. The topological polar surface area (TPSA) is 33.5 Å². The van der Waals surface area contributed by atoms with Gasteiger partial charge in [-0.05, 0) is 24.6 Å². The lowest BCUT2D eigenvalue weighted by Crippen LogP contribution is -3.15. The third-order valence-corrected chi connectivity index (χ3v) is 3.96. The van der Waals surface area contributed by atoms with Gasteiger partial charge in [0.2, 0.25) is 0 Å². The summed E-state index contributed by atoms with van der Waals surface area (Å²) in [6.45, 7) is 6.49. The van der Waals surface area contributed by atoms with Crippen LogP contribution in [0.2, 0.25) is 0 Å². The first kappa shape index (κ1) is 16.8. The highest BCUT2D eigenvalue weighted by molar-refractivity contribution is 5.91. The fourth-order valence-corrected chi connectivity index (χ4v) is 3.27. The molecule has 1 aromatic carbocycles. The number of alkyl halides is 3. The molecule has 0 aromatic heterocycles. The molecular weight excluding hydrogens is 293 g/mol. The van der Waals surface area contributed by atoms with Crippen molar-refractivity contribution in [3.8, 4) is 0 Å². The van der Waals surface area contributed by atoms with Crippen molar-refractivity contribution < 1.29 is 22.9 Å². The average molecular weight is 315 g/mol. The molecule has 0 saturated carbocycles. The molecule has 2 N–H and O–H groups in total. The van der Waals surface area contributed by atoms with Crippen molar-refractivity contribution in [1.82, 2.24) is 0 Å². The number of piperidine rings is 1. The quantitative estimate of drug-likeness (QED) is 0.881. The summed E-state index contributed by atoms with van der Waals surface area (Å²) < 4.78 is 37.9. The zero-order chi connectivity index (χ0) is 16.3. The monoisotopic (exact) mass is 315 g/mol. The number of amides is 1. The van der Waals surface area contributed by atoms with Crippen molar-refractivity contribution in [3.05, 3.63) is 29.8 Å². The van der Waals surface area contributed by atoms with E-state index in [4.69, 9.17) is 0 Å². The molecule has 1 aliphatic rings. The van der Waals surface area contributed by atoms with Crippen molar-refractivity contribution in [2.24, 2.45) is 11.8 Å². The van der Waals surface area contributed by atoms with Gasteiger partial charge in [-0.15, -0.1) is 0 Å². The van der Waals surface area contributed by atoms with E-state index < -0.39 is 11.7 Å². The van der Waals surface area contributed by atoms with Crippen molar-refractivity contribution in [2.75, 3.05) is 25.0 Å². The van der Waals surface area contributed by atoms with Crippen LogP contribution in [0, 0.1) is 11.8 Å². The molecule has 0 spiro atoms. The molecule has 3 nitrogen and oxygen atoms in total. The van der Waals surface area contributed by atoms with E-state index in [9.17, 15) is 18.0 Å². The van der Waals surface area contributed by atoms with Gasteiger partial charge in [-0.25, -0.2) is 0 Å². The molecule has 1 unspecified atom stereocenters. The lowest BCUT2D eigenvalue weighted by atomic mass is 9.92. The molecule has 3 atom stereocenters. The molecule has 22 heavy (non-hydrogen) atoms. The van der Waals surface area contributed by atoms with E-state index in [1.54, 1.807) is 0 Å². The Hall–Kier alpha value is -1.56. The van der Waals surface area contributed by atoms with Gasteiger partial charge in [0.15, 0.2) is 6.54 Å². The number of carbonyl (C=O) groups excluding carboxylic acids is 1. The second-order valence-corrected chi connectivity index (χ2v) is 6.41. The smallest absolute Gasteiger partial charge is 0.327 e. The van der Waals surface area contributed by atoms with Crippen LogP contribution in [0.4, 0.5) is 18.9 Å². The summed E-state index contributed by atoms with van der Waals surface area (Å²) >= 11 is 0. The van der Waals surface area contributed by atoms with Crippen LogP contribution >= 0.6 is 0 Å². The number of benzene rings is 1. The fraction of sp³-hybridized carbons (Fsp3) is 0.562. The summed E-state index contributed by atoms with van der Waals surface area (Å²) in [4.78, 5) is 13.2. The first-order valence-electron chi connectivity index (χ1n) is 7.54. The molecule has 1 aromatic rings. The van der Waals surface area contributed by atoms with E-state index in [0.29, 0.717) is 18.4 Å². The number of rotatable bonds is 3. The van der Waals surface area contributed by atoms with E-state index in [1.165, 1.54) is 23.5 Å². The summed E-state index contributed by atoms with van der Waals surface area (Å²) in [7, 11) is 0. The first-order chi connectivity index (χ1) is 10.2. The van der Waals surface area contributed by atoms with Gasteiger partial charge in [0.1, 0.15) is 0 Å². The zero-order valence-electron chi connectivity index (χ0n) is 12.8. The van der Waals surface area contributed by atoms with Crippen LogP contribution in [0.5, 0.6) is 0 Å². The van der Waals surface area contributed by atoms with Gasteiger partial charge in [-0.3, -0.25) is 4.79 Å². The van der Waals surface area contributed by atoms with Gasteiger partial charge >= 0.3 is 6.18 Å². The largest absolute Gasteiger partial charge is 0.416 e. The van der Waals surface area contributed by atoms with Crippen LogP contribution in [-0.2, 0) is 11.0 Å². The van der Waals surface area contributed by atoms with Crippen molar-refractivity contribution >= 4 is 11.6 Å². The lowest BCUT2D eigenvalue weighted by Gasteiger charge is -2.31. The normalized spacial score (nSPS) is 25.8. The van der Waals surface area contributed by atoms with Crippen LogP contribution in [0.15, 0.2) is 24.3 Å². The van der Waals surface area contributed by atoms with Crippen LogP contribution < -0.4 is 10.2 Å². The minimum absolute atomic E-state index is 0.192. The number of nitrogens with one attached hydrogen (secondary N) is 2. The van der Waals surface area contributed by atoms with E-state index in [2.05, 4.69) is 19.2 Å². The van der Waals surface area contributed by atoms with Gasteiger partial charge in [-0.1, -0.05) is 19.9 Å². The number of quaternary nitrogens is 1. The maximum Gasteiger partial charge on any atom is 0.416 e. The van der Waals surface area contributed by atoms with Gasteiger partial charge in [0.05, 0.1) is 18.7 Å². The minimum Gasteiger partial charge on any atom is -0.327 e. The predicted octanol–water partition coefficient (Wildman–Crippen LogP) is 2.20. The van der Waals surface area contributed by atoms with E-state index in [1.807, 2.05) is 0 Å². The van der Waals surface area contributed by atoms with Crippen LogP contribution in [0.3, 0.4) is 0 Å². The second kappa shape index (κ2) is 6.69. The highest BCUT2D eigenvalue weighted by atomic mass is 19.4. The molecule has 122 valence electrons. The minimum atomic E-state index is -4.40. The molecule has 0 bridgehead atoms. The fourth-order valence-electron chi connectivity index (χ4n) is 3.27. The van der Waals surface area contributed by atoms with Gasteiger partial charge in [0, 0.05) is 17.5 Å². The molecule has 6 heteroatoms. The molecule has 0 radical (unpaired) electrons. The number of hydrogen-bond acceptors (Lipinski definition) is 1. The molecular formula is C16H22F3N2O+. The molecule has 1 amide bonds. The summed E-state index contributed by atoms with van der Waals surface area (Å²) in [6, 6.07) is 4.74. The Morgan fingerprint density at radius 3 is 2.50 bits per heavy atom. The van der Waals surface area contributed by atoms with E-state index in [0.717, 1.165) is 25.2 Å². The summed E-state index contributed by atoms with van der Waals surface area (Å²) in [6.07, 6.45) is -3.23. The van der Waals surface area contributed by atoms with Gasteiger partial charge in [0.25, 0.3) is 5.91 Å². The maximum atomic E-state index is 12.6. The predicted molar refractivity (Wildman–Crippen MR) is 78.6 cm³/mol. The SMILES string of the molecule is C[C@@H]1C[C@H](C)C[NH+](CC(=O)Nc2cccc(C(F)(F)F)c2)C1. The number of anilines is 1. The number of halogens is 3. The van der Waals surface area contributed by atoms with E-state index >= 15 is 0 Å². The van der Waals surface area contributed by atoms with Crippen molar-refractivity contribution in [2.45, 2.75) is 26.4 Å². The summed E-state index contributed by atoms with van der Waals surface area (Å²) in [5, 5.41) is 2.57.